The first-order valence-electron chi connectivity index (χ1n) is 6.02. The van der Waals surface area contributed by atoms with Gasteiger partial charge in [0.1, 0.15) is 5.60 Å². The van der Waals surface area contributed by atoms with Crippen molar-refractivity contribution < 1.29 is 18.3 Å². The summed E-state index contributed by atoms with van der Waals surface area (Å²) in [5.41, 5.74) is -1.36. The lowest BCUT2D eigenvalue weighted by Crippen LogP contribution is -2.36. The maximum absolute atomic E-state index is 11.9. The number of rotatable bonds is 6. The van der Waals surface area contributed by atoms with Gasteiger partial charge >= 0.3 is 0 Å². The number of hydrogen-bond donors (Lipinski definition) is 3. The van der Waals surface area contributed by atoms with Crippen molar-refractivity contribution in [3.8, 4) is 0 Å². The van der Waals surface area contributed by atoms with E-state index in [0.717, 1.165) is 0 Å². The van der Waals surface area contributed by atoms with Crippen molar-refractivity contribution >= 4 is 33.2 Å². The summed E-state index contributed by atoms with van der Waals surface area (Å²) in [4.78, 5) is 11.6. The molecule has 0 aliphatic carbocycles. The zero-order valence-corrected chi connectivity index (χ0v) is 13.3. The predicted molar refractivity (Wildman–Crippen MR) is 81.8 cm³/mol. The van der Waals surface area contributed by atoms with E-state index in [9.17, 15) is 18.3 Å². The van der Waals surface area contributed by atoms with E-state index in [1.807, 2.05) is 0 Å². The molecule has 0 aliphatic heterocycles. The van der Waals surface area contributed by atoms with E-state index in [0.29, 0.717) is 0 Å². The second kappa shape index (κ2) is 6.57. The summed E-state index contributed by atoms with van der Waals surface area (Å²) in [6.45, 7) is 6.17. The van der Waals surface area contributed by atoms with Gasteiger partial charge in [0.25, 0.3) is 5.91 Å². The largest absolute Gasteiger partial charge is 0.381 e. The van der Waals surface area contributed by atoms with Crippen molar-refractivity contribution in [3.63, 3.8) is 0 Å². The second-order valence-electron chi connectivity index (χ2n) is 4.80. The quantitative estimate of drug-likeness (QED) is 0.688. The van der Waals surface area contributed by atoms with Crippen molar-refractivity contribution in [2.45, 2.75) is 24.3 Å². The van der Waals surface area contributed by atoms with Crippen LogP contribution in [0.25, 0.3) is 0 Å². The lowest BCUT2D eigenvalue weighted by molar-refractivity contribution is -0.130. The molecule has 0 spiro atoms. The van der Waals surface area contributed by atoms with Crippen LogP contribution >= 0.6 is 11.6 Å². The standard InChI is InChI=1S/C13H17ClN2O4S/c1-4-7-15-21(19,20)9-5-6-11(10(14)8-9)16-12(17)13(2,3)18/h4-6,8,15,18H,1,7H2,2-3H3,(H,16,17). The van der Waals surface area contributed by atoms with E-state index < -0.39 is 21.5 Å². The number of halogens is 1. The normalized spacial score (nSPS) is 12.0. The van der Waals surface area contributed by atoms with Crippen LogP contribution in [0, 0.1) is 0 Å². The summed E-state index contributed by atoms with van der Waals surface area (Å²) in [5, 5.41) is 12.0. The summed E-state index contributed by atoms with van der Waals surface area (Å²) in [7, 11) is -3.69. The average molecular weight is 333 g/mol. The zero-order chi connectivity index (χ0) is 16.3. The van der Waals surface area contributed by atoms with Gasteiger partial charge in [-0.1, -0.05) is 17.7 Å². The van der Waals surface area contributed by atoms with Crippen LogP contribution in [0.15, 0.2) is 35.7 Å². The first-order valence-corrected chi connectivity index (χ1v) is 7.88. The lowest BCUT2D eigenvalue weighted by Gasteiger charge is -2.17. The van der Waals surface area contributed by atoms with Gasteiger partial charge in [-0.25, -0.2) is 13.1 Å². The number of aliphatic hydroxyl groups is 1. The SMILES string of the molecule is C=CCNS(=O)(=O)c1ccc(NC(=O)C(C)(C)O)c(Cl)c1. The Labute approximate surface area is 128 Å². The fourth-order valence-electron chi connectivity index (χ4n) is 1.29. The number of carbonyl (C=O) groups excluding carboxylic acids is 1. The van der Waals surface area contributed by atoms with Gasteiger partial charge in [-0.15, -0.1) is 6.58 Å². The fourth-order valence-corrected chi connectivity index (χ4v) is 2.61. The molecule has 1 aromatic rings. The predicted octanol–water partition coefficient (Wildman–Crippen LogP) is 1.51. The molecule has 21 heavy (non-hydrogen) atoms. The van der Waals surface area contributed by atoms with Crippen LogP contribution in [-0.2, 0) is 14.8 Å². The third kappa shape index (κ3) is 4.82. The summed E-state index contributed by atoms with van der Waals surface area (Å²) < 4.78 is 26.1. The molecular formula is C13H17ClN2O4S. The minimum absolute atomic E-state index is 0.0318. The van der Waals surface area contributed by atoms with E-state index in [1.165, 1.54) is 38.1 Å². The summed E-state index contributed by atoms with van der Waals surface area (Å²) in [6, 6.07) is 3.87. The fraction of sp³-hybridized carbons (Fsp3) is 0.308. The molecule has 0 saturated carbocycles. The van der Waals surface area contributed by atoms with Gasteiger partial charge in [0.05, 0.1) is 15.6 Å². The maximum Gasteiger partial charge on any atom is 0.255 e. The maximum atomic E-state index is 11.9. The van der Waals surface area contributed by atoms with Crippen molar-refractivity contribution in [2.24, 2.45) is 0 Å². The summed E-state index contributed by atoms with van der Waals surface area (Å²) >= 11 is 5.95. The van der Waals surface area contributed by atoms with Gasteiger partial charge in [-0.05, 0) is 32.0 Å². The minimum Gasteiger partial charge on any atom is -0.381 e. The Morgan fingerprint density at radius 3 is 2.57 bits per heavy atom. The zero-order valence-electron chi connectivity index (χ0n) is 11.7. The molecular weight excluding hydrogens is 316 g/mol. The second-order valence-corrected chi connectivity index (χ2v) is 6.97. The molecule has 0 aliphatic rings. The molecule has 1 rings (SSSR count). The van der Waals surface area contributed by atoms with E-state index in [4.69, 9.17) is 11.6 Å². The van der Waals surface area contributed by atoms with Crippen LogP contribution in [0.2, 0.25) is 5.02 Å². The Morgan fingerprint density at radius 2 is 2.10 bits per heavy atom. The van der Waals surface area contributed by atoms with Gasteiger partial charge in [0, 0.05) is 6.54 Å². The van der Waals surface area contributed by atoms with Crippen molar-refractivity contribution in [1.82, 2.24) is 4.72 Å². The number of carbonyl (C=O) groups is 1. The number of sulfonamides is 1. The van der Waals surface area contributed by atoms with Gasteiger partial charge in [-0.2, -0.15) is 0 Å². The smallest absolute Gasteiger partial charge is 0.255 e. The Balaban J connectivity index is 3.01. The highest BCUT2D eigenvalue weighted by Crippen LogP contribution is 2.26. The number of amides is 1. The van der Waals surface area contributed by atoms with Gasteiger partial charge in [0.2, 0.25) is 10.0 Å². The molecule has 0 unspecified atom stereocenters. The first-order chi connectivity index (χ1) is 9.58. The van der Waals surface area contributed by atoms with Crippen LogP contribution < -0.4 is 10.0 Å². The number of nitrogens with one attached hydrogen (secondary N) is 2. The van der Waals surface area contributed by atoms with Crippen LogP contribution in [-0.4, -0.2) is 31.6 Å². The number of benzene rings is 1. The van der Waals surface area contributed by atoms with Gasteiger partial charge in [0.15, 0.2) is 0 Å². The van der Waals surface area contributed by atoms with Gasteiger partial charge in [-0.3, -0.25) is 4.79 Å². The summed E-state index contributed by atoms with van der Waals surface area (Å²) in [5.74, 6) is -0.648. The Bertz CT molecular complexity index is 651. The Hall–Kier alpha value is -1.41. The van der Waals surface area contributed by atoms with Crippen molar-refractivity contribution in [3.05, 3.63) is 35.9 Å². The molecule has 1 aromatic carbocycles. The van der Waals surface area contributed by atoms with E-state index >= 15 is 0 Å². The number of anilines is 1. The molecule has 0 radical (unpaired) electrons. The molecule has 0 fully saturated rings. The minimum atomic E-state index is -3.69. The van der Waals surface area contributed by atoms with Crippen LogP contribution in [0.1, 0.15) is 13.8 Å². The van der Waals surface area contributed by atoms with Gasteiger partial charge < -0.3 is 10.4 Å². The van der Waals surface area contributed by atoms with E-state index in [-0.39, 0.29) is 22.2 Å². The molecule has 3 N–H and O–H groups in total. The van der Waals surface area contributed by atoms with E-state index in [2.05, 4.69) is 16.6 Å². The Morgan fingerprint density at radius 1 is 1.48 bits per heavy atom. The molecule has 8 heteroatoms. The lowest BCUT2D eigenvalue weighted by atomic mass is 10.1. The molecule has 0 aromatic heterocycles. The first kappa shape index (κ1) is 17.6. The molecule has 0 atom stereocenters. The highest BCUT2D eigenvalue weighted by atomic mass is 35.5. The topological polar surface area (TPSA) is 95.5 Å². The van der Waals surface area contributed by atoms with Crippen LogP contribution in [0.3, 0.4) is 0 Å². The van der Waals surface area contributed by atoms with Crippen LogP contribution in [0.4, 0.5) is 5.69 Å². The molecule has 6 nitrogen and oxygen atoms in total. The van der Waals surface area contributed by atoms with Crippen LogP contribution in [0.5, 0.6) is 0 Å². The molecule has 1 amide bonds. The molecule has 0 bridgehead atoms. The van der Waals surface area contributed by atoms with Crippen molar-refractivity contribution in [1.29, 1.82) is 0 Å². The summed E-state index contributed by atoms with van der Waals surface area (Å²) in [6.07, 6.45) is 1.41. The molecule has 0 heterocycles. The molecule has 0 saturated heterocycles. The monoisotopic (exact) mass is 332 g/mol. The third-order valence-electron chi connectivity index (χ3n) is 2.47. The highest BCUT2D eigenvalue weighted by Gasteiger charge is 2.24. The number of hydrogen-bond acceptors (Lipinski definition) is 4. The average Bonchev–Trinajstić information content (AvgIpc) is 2.37. The third-order valence-corrected chi connectivity index (χ3v) is 4.21. The van der Waals surface area contributed by atoms with E-state index in [1.54, 1.807) is 0 Å². The van der Waals surface area contributed by atoms with Crippen molar-refractivity contribution in [2.75, 3.05) is 11.9 Å². The highest BCUT2D eigenvalue weighted by molar-refractivity contribution is 7.89. The molecule has 116 valence electrons. The Kier molecular flexibility index (Phi) is 5.52.